The van der Waals surface area contributed by atoms with Gasteiger partial charge < -0.3 is 4.90 Å². The first-order valence-corrected chi connectivity index (χ1v) is 11.5. The van der Waals surface area contributed by atoms with Gasteiger partial charge in [-0.2, -0.15) is 0 Å². The highest BCUT2D eigenvalue weighted by Gasteiger charge is 2.34. The highest BCUT2D eigenvalue weighted by Crippen LogP contribution is 2.34. The maximum absolute atomic E-state index is 12.9. The number of carbonyl (C=O) groups excluding carboxylic acids is 1. The topological polar surface area (TPSA) is 89.3 Å². The van der Waals surface area contributed by atoms with Gasteiger partial charge in [0.15, 0.2) is 9.84 Å². The van der Waals surface area contributed by atoms with E-state index in [0.717, 1.165) is 29.7 Å². The molecule has 1 aliphatic heterocycles. The molecule has 0 spiro atoms. The highest BCUT2D eigenvalue weighted by atomic mass is 32.2. The Labute approximate surface area is 155 Å². The fourth-order valence-electron chi connectivity index (χ4n) is 4.03. The molecule has 1 atom stereocenters. The fourth-order valence-corrected chi connectivity index (χ4v) is 6.98. The van der Waals surface area contributed by atoms with Crippen LogP contribution in [0.15, 0.2) is 11.1 Å². The molecule has 26 heavy (non-hydrogen) atoms. The molecule has 0 aromatic carbocycles. The molecule has 2 aromatic rings. The van der Waals surface area contributed by atoms with Crippen LogP contribution in [0.5, 0.6) is 0 Å². The summed E-state index contributed by atoms with van der Waals surface area (Å²) in [5.74, 6) is -0.100. The van der Waals surface area contributed by atoms with Crippen LogP contribution in [0.2, 0.25) is 0 Å². The monoisotopic (exact) mass is 395 g/mol. The Morgan fingerprint density at radius 3 is 2.92 bits per heavy atom. The lowest BCUT2D eigenvalue weighted by molar-refractivity contribution is -0.133. The van der Waals surface area contributed by atoms with Gasteiger partial charge in [0.05, 0.1) is 23.2 Å². The van der Waals surface area contributed by atoms with Gasteiger partial charge in [-0.15, -0.1) is 11.3 Å². The molecule has 3 heterocycles. The van der Waals surface area contributed by atoms with Crippen molar-refractivity contribution in [2.45, 2.75) is 45.2 Å². The first-order chi connectivity index (χ1) is 12.4. The number of hydrogen-bond acceptors (Lipinski definition) is 6. The molecule has 1 fully saturated rings. The third-order valence-corrected chi connectivity index (χ3v) is 8.26. The summed E-state index contributed by atoms with van der Waals surface area (Å²) >= 11 is 1.57. The summed E-state index contributed by atoms with van der Waals surface area (Å²) < 4.78 is 24.8. The van der Waals surface area contributed by atoms with Crippen molar-refractivity contribution in [2.24, 2.45) is 0 Å². The van der Waals surface area contributed by atoms with Crippen LogP contribution < -0.4 is 5.56 Å². The predicted molar refractivity (Wildman–Crippen MR) is 100 cm³/mol. The van der Waals surface area contributed by atoms with Crippen LogP contribution >= 0.6 is 11.3 Å². The number of likely N-dealkylation sites (N-methyl/N-ethyl adjacent to an activating group) is 1. The SMILES string of the molecule is CCN(C(=O)Cn1cnc2sc3c(c2c1=O)CCC3)[C@@H]1CCS(=O)(=O)C1. The maximum Gasteiger partial charge on any atom is 0.262 e. The Morgan fingerprint density at radius 1 is 1.42 bits per heavy atom. The number of amides is 1. The lowest BCUT2D eigenvalue weighted by Gasteiger charge is -2.27. The molecule has 2 aliphatic rings. The van der Waals surface area contributed by atoms with Crippen LogP contribution in [0.3, 0.4) is 0 Å². The Bertz CT molecular complexity index is 1040. The van der Waals surface area contributed by atoms with Crippen LogP contribution in [0.4, 0.5) is 0 Å². The molecule has 0 saturated carbocycles. The van der Waals surface area contributed by atoms with Crippen molar-refractivity contribution in [3.63, 3.8) is 0 Å². The molecule has 0 N–H and O–H groups in total. The standard InChI is InChI=1S/C17H21N3O4S2/c1-2-20(11-6-7-26(23,24)9-11)14(21)8-19-10-18-16-15(17(19)22)12-4-3-5-13(12)25-16/h10-11H,2-9H2,1H3/t11-/m1/s1. The van der Waals surface area contributed by atoms with E-state index in [4.69, 9.17) is 0 Å². The molecule has 7 nitrogen and oxygen atoms in total. The van der Waals surface area contributed by atoms with Crippen molar-refractivity contribution >= 4 is 37.3 Å². The van der Waals surface area contributed by atoms with Crippen molar-refractivity contribution in [3.8, 4) is 0 Å². The van der Waals surface area contributed by atoms with E-state index < -0.39 is 9.84 Å². The molecule has 9 heteroatoms. The number of carbonyl (C=O) groups is 1. The Kier molecular flexibility index (Phi) is 4.38. The summed E-state index contributed by atoms with van der Waals surface area (Å²) in [7, 11) is -3.07. The van der Waals surface area contributed by atoms with Gasteiger partial charge in [0.1, 0.15) is 11.4 Å². The summed E-state index contributed by atoms with van der Waals surface area (Å²) in [4.78, 5) is 33.6. The second-order valence-electron chi connectivity index (χ2n) is 6.95. The number of aryl methyl sites for hydroxylation is 2. The molecule has 4 rings (SSSR count). The van der Waals surface area contributed by atoms with E-state index in [0.29, 0.717) is 18.4 Å². The molecular weight excluding hydrogens is 374 g/mol. The molecule has 2 aromatic heterocycles. The molecule has 1 aliphatic carbocycles. The van der Waals surface area contributed by atoms with E-state index >= 15 is 0 Å². The summed E-state index contributed by atoms with van der Waals surface area (Å²) in [6.07, 6.45) is 4.85. The molecule has 0 bridgehead atoms. The minimum Gasteiger partial charge on any atom is -0.337 e. The molecule has 1 amide bonds. The van der Waals surface area contributed by atoms with Crippen molar-refractivity contribution in [3.05, 3.63) is 27.1 Å². The van der Waals surface area contributed by atoms with E-state index in [1.807, 2.05) is 6.92 Å². The normalized spacial score (nSPS) is 21.2. The van der Waals surface area contributed by atoms with Crippen LogP contribution in [0.1, 0.15) is 30.2 Å². The van der Waals surface area contributed by atoms with Crippen LogP contribution in [0, 0.1) is 0 Å². The number of nitrogens with zero attached hydrogens (tertiary/aromatic N) is 3. The average molecular weight is 396 g/mol. The van der Waals surface area contributed by atoms with Gasteiger partial charge in [0.25, 0.3) is 5.56 Å². The molecule has 140 valence electrons. The highest BCUT2D eigenvalue weighted by molar-refractivity contribution is 7.91. The van der Waals surface area contributed by atoms with Crippen LogP contribution in [-0.4, -0.2) is 52.9 Å². The Hall–Kier alpha value is -1.74. The molecule has 0 radical (unpaired) electrons. The van der Waals surface area contributed by atoms with E-state index in [1.165, 1.54) is 15.8 Å². The minimum atomic E-state index is -3.07. The summed E-state index contributed by atoms with van der Waals surface area (Å²) in [6.45, 7) is 2.16. The fraction of sp³-hybridized carbons (Fsp3) is 0.588. The zero-order valence-corrected chi connectivity index (χ0v) is 16.2. The zero-order valence-electron chi connectivity index (χ0n) is 14.6. The van der Waals surface area contributed by atoms with Gasteiger partial charge in [-0.3, -0.25) is 14.2 Å². The van der Waals surface area contributed by atoms with Gasteiger partial charge in [0.2, 0.25) is 5.91 Å². The summed E-state index contributed by atoms with van der Waals surface area (Å²) in [5, 5.41) is 0.657. The number of aromatic nitrogens is 2. The van der Waals surface area contributed by atoms with Gasteiger partial charge in [-0.1, -0.05) is 0 Å². The Morgan fingerprint density at radius 2 is 2.23 bits per heavy atom. The Balaban J connectivity index is 1.61. The van der Waals surface area contributed by atoms with Gasteiger partial charge >= 0.3 is 0 Å². The predicted octanol–water partition coefficient (Wildman–Crippen LogP) is 0.982. The first kappa shape index (κ1) is 17.7. The molecular formula is C17H21N3O4S2. The zero-order chi connectivity index (χ0) is 18.5. The average Bonchev–Trinajstić information content (AvgIpc) is 3.25. The van der Waals surface area contributed by atoms with Crippen molar-refractivity contribution in [1.82, 2.24) is 14.5 Å². The van der Waals surface area contributed by atoms with Crippen molar-refractivity contribution in [1.29, 1.82) is 0 Å². The van der Waals surface area contributed by atoms with Gasteiger partial charge in [-0.05, 0) is 38.2 Å². The second kappa shape index (κ2) is 6.45. The van der Waals surface area contributed by atoms with Crippen LogP contribution in [-0.2, 0) is 34.0 Å². The van der Waals surface area contributed by atoms with E-state index in [2.05, 4.69) is 4.98 Å². The van der Waals surface area contributed by atoms with Crippen molar-refractivity contribution < 1.29 is 13.2 Å². The quantitative estimate of drug-likeness (QED) is 0.770. The smallest absolute Gasteiger partial charge is 0.262 e. The van der Waals surface area contributed by atoms with E-state index in [1.54, 1.807) is 16.2 Å². The lowest BCUT2D eigenvalue weighted by Crippen LogP contribution is -2.43. The number of sulfone groups is 1. The summed E-state index contributed by atoms with van der Waals surface area (Å²) in [5.41, 5.74) is 0.927. The van der Waals surface area contributed by atoms with Gasteiger partial charge in [-0.25, -0.2) is 13.4 Å². The maximum atomic E-state index is 12.9. The van der Waals surface area contributed by atoms with E-state index in [9.17, 15) is 18.0 Å². The summed E-state index contributed by atoms with van der Waals surface area (Å²) in [6, 6.07) is -0.296. The largest absolute Gasteiger partial charge is 0.337 e. The first-order valence-electron chi connectivity index (χ1n) is 8.89. The van der Waals surface area contributed by atoms with Gasteiger partial charge in [0, 0.05) is 17.5 Å². The number of rotatable bonds is 4. The molecule has 0 unspecified atom stereocenters. The third-order valence-electron chi connectivity index (χ3n) is 5.31. The lowest BCUT2D eigenvalue weighted by atomic mass is 10.2. The van der Waals surface area contributed by atoms with Crippen LogP contribution in [0.25, 0.3) is 10.2 Å². The minimum absolute atomic E-state index is 0.0107. The number of hydrogen-bond donors (Lipinski definition) is 0. The number of thiophene rings is 1. The van der Waals surface area contributed by atoms with Crippen molar-refractivity contribution in [2.75, 3.05) is 18.1 Å². The van der Waals surface area contributed by atoms with E-state index in [-0.39, 0.29) is 35.6 Å². The molecule has 1 saturated heterocycles. The number of fused-ring (bicyclic) bond motifs is 3. The third kappa shape index (κ3) is 2.96. The second-order valence-corrected chi connectivity index (χ2v) is 10.3.